The van der Waals surface area contributed by atoms with Crippen LogP contribution in [-0.2, 0) is 14.3 Å². The van der Waals surface area contributed by atoms with Crippen molar-refractivity contribution < 1.29 is 18.7 Å². The number of piperidine rings is 1. The molecule has 1 aromatic carbocycles. The molecule has 1 aliphatic heterocycles. The van der Waals surface area contributed by atoms with Gasteiger partial charge in [-0.25, -0.2) is 9.18 Å². The van der Waals surface area contributed by atoms with Crippen LogP contribution in [0.15, 0.2) is 36.9 Å². The Morgan fingerprint density at radius 3 is 2.65 bits per heavy atom. The summed E-state index contributed by atoms with van der Waals surface area (Å²) in [6.07, 6.45) is 5.18. The van der Waals surface area contributed by atoms with E-state index in [4.69, 9.17) is 16.3 Å². The van der Waals surface area contributed by atoms with Crippen LogP contribution in [0, 0.1) is 5.82 Å². The molecule has 1 aliphatic rings. The van der Waals surface area contributed by atoms with Crippen molar-refractivity contribution in [3.05, 3.63) is 53.3 Å². The minimum Gasteiger partial charge on any atom is -0.459 e. The maximum Gasteiger partial charge on any atom is 0.330 e. The van der Waals surface area contributed by atoms with Gasteiger partial charge in [-0.2, -0.15) is 0 Å². The number of hydrogen-bond acceptors (Lipinski definition) is 3. The first-order chi connectivity index (χ1) is 11.0. The number of amides is 1. The van der Waals surface area contributed by atoms with Gasteiger partial charge in [0.2, 0.25) is 5.91 Å². The van der Waals surface area contributed by atoms with E-state index in [1.807, 2.05) is 0 Å². The second-order valence-corrected chi connectivity index (χ2v) is 5.58. The maximum atomic E-state index is 13.1. The van der Waals surface area contributed by atoms with E-state index in [0.717, 1.165) is 6.08 Å². The van der Waals surface area contributed by atoms with Gasteiger partial charge in [0.1, 0.15) is 11.9 Å². The minimum atomic E-state index is -0.494. The molecule has 0 unspecified atom stereocenters. The SMILES string of the molecule is C=CC(=O)OC1CCN(C(=O)/C=C/c2ccc(F)c(Cl)c2)CC1. The summed E-state index contributed by atoms with van der Waals surface area (Å²) in [5, 5.41) is 0.0180. The molecule has 0 radical (unpaired) electrons. The van der Waals surface area contributed by atoms with Gasteiger partial charge in [-0.15, -0.1) is 0 Å². The van der Waals surface area contributed by atoms with Crippen LogP contribution in [0.1, 0.15) is 18.4 Å². The van der Waals surface area contributed by atoms with E-state index >= 15 is 0 Å². The highest BCUT2D eigenvalue weighted by atomic mass is 35.5. The van der Waals surface area contributed by atoms with Crippen LogP contribution in [0.4, 0.5) is 4.39 Å². The van der Waals surface area contributed by atoms with Crippen molar-refractivity contribution in [2.24, 2.45) is 0 Å². The summed E-state index contributed by atoms with van der Waals surface area (Å²) < 4.78 is 18.2. The van der Waals surface area contributed by atoms with Gasteiger partial charge in [0.25, 0.3) is 0 Å². The molecular weight excluding hydrogens is 321 g/mol. The number of benzene rings is 1. The van der Waals surface area contributed by atoms with E-state index in [-0.39, 0.29) is 17.0 Å². The molecule has 2 rings (SSSR count). The minimum absolute atomic E-state index is 0.0180. The summed E-state index contributed by atoms with van der Waals surface area (Å²) in [5.74, 6) is -1.08. The fourth-order valence-electron chi connectivity index (χ4n) is 2.30. The average Bonchev–Trinajstić information content (AvgIpc) is 2.56. The highest BCUT2D eigenvalue weighted by Gasteiger charge is 2.23. The molecule has 1 saturated heterocycles. The zero-order valence-electron chi connectivity index (χ0n) is 12.5. The number of rotatable bonds is 4. The zero-order chi connectivity index (χ0) is 16.8. The van der Waals surface area contributed by atoms with Crippen molar-refractivity contribution in [3.8, 4) is 0 Å². The molecule has 6 heteroatoms. The van der Waals surface area contributed by atoms with Gasteiger partial charge in [0.15, 0.2) is 0 Å². The number of halogens is 2. The number of nitrogens with zero attached hydrogens (tertiary/aromatic N) is 1. The third-order valence-electron chi connectivity index (χ3n) is 3.57. The highest BCUT2D eigenvalue weighted by molar-refractivity contribution is 6.30. The predicted molar refractivity (Wildman–Crippen MR) is 86.3 cm³/mol. The standard InChI is InChI=1S/C17H17ClFNO3/c1-2-17(22)23-13-7-9-20(10-8-13)16(21)6-4-12-3-5-15(19)14(18)11-12/h2-6,11,13H,1,7-10H2/b6-4+. The highest BCUT2D eigenvalue weighted by Crippen LogP contribution is 2.18. The Labute approximate surface area is 139 Å². The summed E-state index contributed by atoms with van der Waals surface area (Å²) >= 11 is 5.69. The summed E-state index contributed by atoms with van der Waals surface area (Å²) in [4.78, 5) is 24.9. The summed E-state index contributed by atoms with van der Waals surface area (Å²) in [6, 6.07) is 4.26. The Hall–Kier alpha value is -2.14. The molecule has 1 fully saturated rings. The largest absolute Gasteiger partial charge is 0.459 e. The molecule has 1 aromatic rings. The normalized spacial score (nSPS) is 15.7. The molecule has 0 atom stereocenters. The van der Waals surface area contributed by atoms with Crippen molar-refractivity contribution in [2.45, 2.75) is 18.9 Å². The van der Waals surface area contributed by atoms with Crippen LogP contribution >= 0.6 is 11.6 Å². The number of carbonyl (C=O) groups is 2. The number of ether oxygens (including phenoxy) is 1. The van der Waals surface area contributed by atoms with Crippen LogP contribution in [0.5, 0.6) is 0 Å². The smallest absolute Gasteiger partial charge is 0.330 e. The third-order valence-corrected chi connectivity index (χ3v) is 3.85. The van der Waals surface area contributed by atoms with Gasteiger partial charge in [-0.1, -0.05) is 24.2 Å². The van der Waals surface area contributed by atoms with E-state index < -0.39 is 11.8 Å². The van der Waals surface area contributed by atoms with Crippen molar-refractivity contribution in [1.82, 2.24) is 4.90 Å². The molecule has 1 amide bonds. The Morgan fingerprint density at radius 2 is 2.04 bits per heavy atom. The third kappa shape index (κ3) is 4.93. The van der Waals surface area contributed by atoms with Gasteiger partial charge in [-0.05, 0) is 23.8 Å². The van der Waals surface area contributed by atoms with E-state index in [1.54, 1.807) is 17.0 Å². The van der Waals surface area contributed by atoms with Crippen molar-refractivity contribution in [2.75, 3.05) is 13.1 Å². The molecule has 0 aromatic heterocycles. The van der Waals surface area contributed by atoms with E-state index in [9.17, 15) is 14.0 Å². The Kier molecular flexibility index (Phi) is 5.93. The van der Waals surface area contributed by atoms with Gasteiger partial charge < -0.3 is 9.64 Å². The molecule has 1 heterocycles. The van der Waals surface area contributed by atoms with E-state index in [1.165, 1.54) is 18.2 Å². The number of esters is 1. The van der Waals surface area contributed by atoms with E-state index in [2.05, 4.69) is 6.58 Å². The molecule has 0 N–H and O–H groups in total. The molecule has 0 bridgehead atoms. The molecule has 0 spiro atoms. The van der Waals surface area contributed by atoms with Crippen LogP contribution < -0.4 is 0 Å². The first-order valence-electron chi connectivity index (χ1n) is 7.24. The predicted octanol–water partition coefficient (Wildman–Crippen LogP) is 3.21. The van der Waals surface area contributed by atoms with Crippen LogP contribution in [-0.4, -0.2) is 36.0 Å². The lowest BCUT2D eigenvalue weighted by atomic mass is 10.1. The zero-order valence-corrected chi connectivity index (χ0v) is 13.3. The lowest BCUT2D eigenvalue weighted by molar-refractivity contribution is -0.145. The van der Waals surface area contributed by atoms with Gasteiger partial charge in [0.05, 0.1) is 5.02 Å². The molecular formula is C17H17ClFNO3. The first-order valence-corrected chi connectivity index (χ1v) is 7.62. The fraction of sp³-hybridized carbons (Fsp3) is 0.294. The summed E-state index contributed by atoms with van der Waals surface area (Å²) in [6.45, 7) is 4.39. The number of carbonyl (C=O) groups excluding carboxylic acids is 2. The Morgan fingerprint density at radius 1 is 1.35 bits per heavy atom. The van der Waals surface area contributed by atoms with Crippen molar-refractivity contribution >= 4 is 29.6 Å². The van der Waals surface area contributed by atoms with Crippen LogP contribution in [0.2, 0.25) is 5.02 Å². The fourth-order valence-corrected chi connectivity index (χ4v) is 2.48. The second kappa shape index (κ2) is 7.92. The van der Waals surface area contributed by atoms with Gasteiger partial charge in [0, 0.05) is 38.1 Å². The van der Waals surface area contributed by atoms with Gasteiger partial charge >= 0.3 is 5.97 Å². The molecule has 0 saturated carbocycles. The van der Waals surface area contributed by atoms with Crippen LogP contribution in [0.3, 0.4) is 0 Å². The average molecular weight is 338 g/mol. The molecule has 4 nitrogen and oxygen atoms in total. The molecule has 23 heavy (non-hydrogen) atoms. The Balaban J connectivity index is 1.87. The van der Waals surface area contributed by atoms with Crippen LogP contribution in [0.25, 0.3) is 6.08 Å². The van der Waals surface area contributed by atoms with Crippen molar-refractivity contribution in [1.29, 1.82) is 0 Å². The molecule has 0 aliphatic carbocycles. The lowest BCUT2D eigenvalue weighted by Crippen LogP contribution is -2.40. The van der Waals surface area contributed by atoms with E-state index in [0.29, 0.717) is 31.5 Å². The monoisotopic (exact) mass is 337 g/mol. The Bertz CT molecular complexity index is 637. The lowest BCUT2D eigenvalue weighted by Gasteiger charge is -2.30. The second-order valence-electron chi connectivity index (χ2n) is 5.17. The van der Waals surface area contributed by atoms with Crippen molar-refractivity contribution in [3.63, 3.8) is 0 Å². The molecule has 122 valence electrons. The maximum absolute atomic E-state index is 13.1. The quantitative estimate of drug-likeness (QED) is 0.626. The summed E-state index contributed by atoms with van der Waals surface area (Å²) in [5.41, 5.74) is 0.652. The topological polar surface area (TPSA) is 46.6 Å². The number of hydrogen-bond donors (Lipinski definition) is 0. The first kappa shape index (κ1) is 17.2. The van der Waals surface area contributed by atoms with Gasteiger partial charge in [-0.3, -0.25) is 4.79 Å². The number of likely N-dealkylation sites (tertiary alicyclic amines) is 1. The summed E-state index contributed by atoms with van der Waals surface area (Å²) in [7, 11) is 0.